The lowest BCUT2D eigenvalue weighted by molar-refractivity contribution is -0.139. The Labute approximate surface area is 109 Å². The summed E-state index contributed by atoms with van der Waals surface area (Å²) in [6.45, 7) is 4.17. The number of carbonyl (C=O) groups excluding carboxylic acids is 1. The Kier molecular flexibility index (Phi) is 5.63. The number of carboxylic acids is 1. The van der Waals surface area contributed by atoms with Crippen molar-refractivity contribution < 1.29 is 14.7 Å². The lowest BCUT2D eigenvalue weighted by Crippen LogP contribution is -2.48. The van der Waals surface area contributed by atoms with Crippen molar-refractivity contribution >= 4 is 11.9 Å². The topological polar surface area (TPSA) is 66.4 Å². The number of hydrogen-bond donors (Lipinski definition) is 2. The largest absolute Gasteiger partial charge is 0.481 e. The van der Waals surface area contributed by atoms with Crippen LogP contribution in [-0.2, 0) is 9.59 Å². The van der Waals surface area contributed by atoms with E-state index in [2.05, 4.69) is 19.2 Å². The van der Waals surface area contributed by atoms with Crippen molar-refractivity contribution in [3.8, 4) is 0 Å². The molecule has 0 atom stereocenters. The van der Waals surface area contributed by atoms with Crippen molar-refractivity contribution in [2.24, 2.45) is 5.92 Å². The van der Waals surface area contributed by atoms with Crippen LogP contribution in [0.3, 0.4) is 0 Å². The molecule has 0 unspecified atom stereocenters. The zero-order valence-corrected chi connectivity index (χ0v) is 11.5. The van der Waals surface area contributed by atoms with Crippen LogP contribution in [0.15, 0.2) is 0 Å². The number of hydrogen-bond acceptors (Lipinski definition) is 2. The summed E-state index contributed by atoms with van der Waals surface area (Å²) in [4.78, 5) is 22.9. The molecule has 0 heterocycles. The van der Waals surface area contributed by atoms with Crippen LogP contribution in [0.4, 0.5) is 0 Å². The first-order valence-electron chi connectivity index (χ1n) is 7.04. The van der Waals surface area contributed by atoms with Crippen molar-refractivity contribution in [2.45, 2.75) is 70.8 Å². The van der Waals surface area contributed by atoms with Crippen molar-refractivity contribution in [3.63, 3.8) is 0 Å². The molecule has 0 saturated heterocycles. The van der Waals surface area contributed by atoms with Gasteiger partial charge in [-0.15, -0.1) is 0 Å². The van der Waals surface area contributed by atoms with Crippen molar-refractivity contribution in [1.29, 1.82) is 0 Å². The van der Waals surface area contributed by atoms with Gasteiger partial charge >= 0.3 is 5.97 Å². The molecule has 0 spiro atoms. The molecular formula is C14H25NO3. The minimum absolute atomic E-state index is 0.0202. The van der Waals surface area contributed by atoms with E-state index in [-0.39, 0.29) is 12.3 Å². The monoisotopic (exact) mass is 255 g/mol. The Morgan fingerprint density at radius 2 is 1.78 bits per heavy atom. The second-order valence-corrected chi connectivity index (χ2v) is 5.49. The molecule has 0 aromatic rings. The van der Waals surface area contributed by atoms with E-state index in [1.54, 1.807) is 0 Å². The molecule has 1 amide bonds. The third-order valence-electron chi connectivity index (χ3n) is 4.08. The third-order valence-corrected chi connectivity index (χ3v) is 4.08. The molecule has 18 heavy (non-hydrogen) atoms. The second kappa shape index (κ2) is 6.76. The lowest BCUT2D eigenvalue weighted by Gasteiger charge is -2.29. The number of carboxylic acid groups (broad SMARTS) is 1. The fourth-order valence-electron chi connectivity index (χ4n) is 2.87. The standard InChI is InChI=1S/C14H25NO3/c1-3-11(4-2)9-12(16)15-14(10-13(17)18)7-5-6-8-14/h11H,3-10H2,1-2H3,(H,15,16)(H,17,18). The van der Waals surface area contributed by atoms with E-state index < -0.39 is 11.5 Å². The van der Waals surface area contributed by atoms with Crippen LogP contribution in [0.2, 0.25) is 0 Å². The number of carbonyl (C=O) groups is 2. The Bertz CT molecular complexity index is 291. The first kappa shape index (κ1) is 15.0. The van der Waals surface area contributed by atoms with Crippen molar-refractivity contribution in [2.75, 3.05) is 0 Å². The number of rotatable bonds is 7. The van der Waals surface area contributed by atoms with Crippen LogP contribution < -0.4 is 5.32 Å². The van der Waals surface area contributed by atoms with E-state index in [1.807, 2.05) is 0 Å². The minimum atomic E-state index is -0.820. The highest BCUT2D eigenvalue weighted by molar-refractivity contribution is 5.78. The Balaban J connectivity index is 2.55. The van der Waals surface area contributed by atoms with Crippen LogP contribution in [0.5, 0.6) is 0 Å². The quantitative estimate of drug-likeness (QED) is 0.735. The molecule has 0 radical (unpaired) electrons. The molecule has 0 aliphatic heterocycles. The van der Waals surface area contributed by atoms with Crippen molar-refractivity contribution in [3.05, 3.63) is 0 Å². The number of aliphatic carboxylic acids is 1. The van der Waals surface area contributed by atoms with Gasteiger partial charge in [-0.3, -0.25) is 9.59 Å². The maximum absolute atomic E-state index is 12.0. The first-order chi connectivity index (χ1) is 8.51. The van der Waals surface area contributed by atoms with E-state index in [1.165, 1.54) is 0 Å². The van der Waals surface area contributed by atoms with Gasteiger partial charge in [0.15, 0.2) is 0 Å². The molecule has 0 aromatic carbocycles. The van der Waals surface area contributed by atoms with Crippen LogP contribution >= 0.6 is 0 Å². The predicted molar refractivity (Wildman–Crippen MR) is 70.3 cm³/mol. The highest BCUT2D eigenvalue weighted by atomic mass is 16.4. The molecule has 1 aliphatic carbocycles. The molecule has 0 bridgehead atoms. The maximum atomic E-state index is 12.0. The van der Waals surface area contributed by atoms with Crippen LogP contribution in [0.1, 0.15) is 65.2 Å². The fraction of sp³-hybridized carbons (Fsp3) is 0.857. The van der Waals surface area contributed by atoms with Crippen LogP contribution in [0.25, 0.3) is 0 Å². The Morgan fingerprint density at radius 3 is 2.22 bits per heavy atom. The van der Waals surface area contributed by atoms with E-state index >= 15 is 0 Å². The van der Waals surface area contributed by atoms with Gasteiger partial charge in [0.1, 0.15) is 0 Å². The summed E-state index contributed by atoms with van der Waals surface area (Å²) in [5, 5.41) is 12.0. The molecule has 1 rings (SSSR count). The molecule has 1 fully saturated rings. The van der Waals surface area contributed by atoms with Crippen LogP contribution in [0, 0.1) is 5.92 Å². The van der Waals surface area contributed by atoms with E-state index in [9.17, 15) is 9.59 Å². The van der Waals surface area contributed by atoms with Gasteiger partial charge in [0, 0.05) is 6.42 Å². The molecule has 0 aromatic heterocycles. The zero-order chi connectivity index (χ0) is 13.6. The van der Waals surface area contributed by atoms with Gasteiger partial charge in [0.25, 0.3) is 0 Å². The summed E-state index contributed by atoms with van der Waals surface area (Å²) in [6, 6.07) is 0. The SMILES string of the molecule is CCC(CC)CC(=O)NC1(CC(=O)O)CCCC1. The summed E-state index contributed by atoms with van der Waals surface area (Å²) in [7, 11) is 0. The van der Waals surface area contributed by atoms with Gasteiger partial charge in [0.2, 0.25) is 5.91 Å². The van der Waals surface area contributed by atoms with Crippen molar-refractivity contribution in [1.82, 2.24) is 5.32 Å². The van der Waals surface area contributed by atoms with Gasteiger partial charge < -0.3 is 10.4 Å². The van der Waals surface area contributed by atoms with Gasteiger partial charge in [-0.1, -0.05) is 39.5 Å². The highest BCUT2D eigenvalue weighted by Gasteiger charge is 2.37. The molecule has 4 nitrogen and oxygen atoms in total. The summed E-state index contributed by atoms with van der Waals surface area (Å²) in [6.07, 6.45) is 6.20. The summed E-state index contributed by atoms with van der Waals surface area (Å²) in [5.41, 5.74) is -0.477. The zero-order valence-electron chi connectivity index (χ0n) is 11.5. The highest BCUT2D eigenvalue weighted by Crippen LogP contribution is 2.33. The average molecular weight is 255 g/mol. The number of amides is 1. The summed E-state index contributed by atoms with van der Waals surface area (Å²) in [5.74, 6) is -0.389. The van der Waals surface area contributed by atoms with E-state index in [0.29, 0.717) is 12.3 Å². The van der Waals surface area contributed by atoms with Gasteiger partial charge in [-0.05, 0) is 18.8 Å². The molecule has 2 N–H and O–H groups in total. The number of nitrogens with one attached hydrogen (secondary N) is 1. The summed E-state index contributed by atoms with van der Waals surface area (Å²) < 4.78 is 0. The maximum Gasteiger partial charge on any atom is 0.305 e. The molecule has 1 saturated carbocycles. The molecular weight excluding hydrogens is 230 g/mol. The van der Waals surface area contributed by atoms with E-state index in [0.717, 1.165) is 38.5 Å². The molecule has 104 valence electrons. The minimum Gasteiger partial charge on any atom is -0.481 e. The van der Waals surface area contributed by atoms with E-state index in [4.69, 9.17) is 5.11 Å². The smallest absolute Gasteiger partial charge is 0.305 e. The second-order valence-electron chi connectivity index (χ2n) is 5.49. The predicted octanol–water partition coefficient (Wildman–Crippen LogP) is 2.72. The Hall–Kier alpha value is -1.06. The molecule has 1 aliphatic rings. The normalized spacial score (nSPS) is 17.9. The first-order valence-corrected chi connectivity index (χ1v) is 7.04. The molecule has 4 heteroatoms. The third kappa shape index (κ3) is 4.31. The lowest BCUT2D eigenvalue weighted by atomic mass is 9.91. The van der Waals surface area contributed by atoms with Crippen LogP contribution in [-0.4, -0.2) is 22.5 Å². The van der Waals surface area contributed by atoms with Gasteiger partial charge in [-0.2, -0.15) is 0 Å². The van der Waals surface area contributed by atoms with Gasteiger partial charge in [-0.25, -0.2) is 0 Å². The fourth-order valence-corrected chi connectivity index (χ4v) is 2.87. The Morgan fingerprint density at radius 1 is 1.22 bits per heavy atom. The van der Waals surface area contributed by atoms with Gasteiger partial charge in [0.05, 0.1) is 12.0 Å². The summed E-state index contributed by atoms with van der Waals surface area (Å²) >= 11 is 0. The average Bonchev–Trinajstić information content (AvgIpc) is 2.73.